The molecule has 1 aliphatic heterocycles. The number of amides is 1. The third-order valence-electron chi connectivity index (χ3n) is 3.51. The lowest BCUT2D eigenvalue weighted by Crippen LogP contribution is -2.33. The summed E-state index contributed by atoms with van der Waals surface area (Å²) in [6.45, 7) is 0.740. The van der Waals surface area contributed by atoms with Crippen LogP contribution in [0.15, 0.2) is 53.4 Å². The molecule has 0 unspecified atom stereocenters. The molecule has 0 saturated carbocycles. The van der Waals surface area contributed by atoms with Gasteiger partial charge in [-0.1, -0.05) is 24.3 Å². The molecule has 21 heavy (non-hydrogen) atoms. The van der Waals surface area contributed by atoms with Gasteiger partial charge in [-0.25, -0.2) is 4.39 Å². The highest BCUT2D eigenvalue weighted by Gasteiger charge is 2.21. The van der Waals surface area contributed by atoms with Crippen molar-refractivity contribution in [2.24, 2.45) is 0 Å². The van der Waals surface area contributed by atoms with Crippen molar-refractivity contribution in [2.75, 3.05) is 17.2 Å². The van der Waals surface area contributed by atoms with Gasteiger partial charge < -0.3 is 4.90 Å². The van der Waals surface area contributed by atoms with E-state index in [-0.39, 0.29) is 11.7 Å². The number of carbonyl (C=O) groups is 1. The lowest BCUT2D eigenvalue weighted by molar-refractivity contribution is -0.118. The number of halogens is 1. The summed E-state index contributed by atoms with van der Waals surface area (Å²) in [7, 11) is 0. The Morgan fingerprint density at radius 1 is 1.14 bits per heavy atom. The van der Waals surface area contributed by atoms with Crippen molar-refractivity contribution in [3.8, 4) is 0 Å². The van der Waals surface area contributed by atoms with Crippen LogP contribution in [0.4, 0.5) is 10.1 Å². The van der Waals surface area contributed by atoms with Crippen molar-refractivity contribution in [1.82, 2.24) is 0 Å². The maximum absolute atomic E-state index is 12.9. The van der Waals surface area contributed by atoms with E-state index >= 15 is 0 Å². The van der Waals surface area contributed by atoms with Crippen LogP contribution in [0.5, 0.6) is 0 Å². The number of hydrogen-bond donors (Lipinski definition) is 0. The predicted octanol–water partition coefficient (Wildman–Crippen LogP) is 3.90. The summed E-state index contributed by atoms with van der Waals surface area (Å²) in [6, 6.07) is 14.2. The fourth-order valence-electron chi connectivity index (χ4n) is 2.46. The van der Waals surface area contributed by atoms with Gasteiger partial charge in [-0.15, -0.1) is 11.8 Å². The molecule has 0 saturated heterocycles. The van der Waals surface area contributed by atoms with Crippen LogP contribution >= 0.6 is 11.8 Å². The van der Waals surface area contributed by atoms with E-state index in [0.29, 0.717) is 6.42 Å². The number of nitrogens with zero attached hydrogens (tertiary/aromatic N) is 1. The van der Waals surface area contributed by atoms with Crippen molar-refractivity contribution in [1.29, 1.82) is 0 Å². The monoisotopic (exact) mass is 301 g/mol. The molecule has 1 aliphatic rings. The van der Waals surface area contributed by atoms with Gasteiger partial charge in [0.2, 0.25) is 5.91 Å². The van der Waals surface area contributed by atoms with Crippen molar-refractivity contribution >= 4 is 23.4 Å². The topological polar surface area (TPSA) is 20.3 Å². The normalized spacial score (nSPS) is 14.4. The van der Waals surface area contributed by atoms with Gasteiger partial charge in [-0.3, -0.25) is 4.79 Å². The molecule has 1 heterocycles. The Bertz CT molecular complexity index is 641. The zero-order chi connectivity index (χ0) is 14.7. The number of hydrogen-bond acceptors (Lipinski definition) is 2. The number of carbonyl (C=O) groups excluding carboxylic acids is 1. The van der Waals surface area contributed by atoms with Crippen molar-refractivity contribution < 1.29 is 9.18 Å². The number of para-hydroxylation sites is 1. The molecule has 0 spiro atoms. The van der Waals surface area contributed by atoms with Gasteiger partial charge in [-0.05, 0) is 42.0 Å². The Labute approximate surface area is 128 Å². The van der Waals surface area contributed by atoms with Crippen LogP contribution in [0, 0.1) is 5.82 Å². The predicted molar refractivity (Wildman–Crippen MR) is 84.2 cm³/mol. The number of thioether (sulfide) groups is 1. The molecule has 0 N–H and O–H groups in total. The summed E-state index contributed by atoms with van der Waals surface area (Å²) in [4.78, 5) is 15.6. The minimum Gasteiger partial charge on any atom is -0.311 e. The highest BCUT2D eigenvalue weighted by atomic mass is 32.2. The second-order valence-electron chi connectivity index (χ2n) is 5.02. The number of benzene rings is 2. The highest BCUT2D eigenvalue weighted by Crippen LogP contribution is 2.33. The Hall–Kier alpha value is -1.81. The molecule has 0 bridgehead atoms. The number of rotatable bonds is 2. The van der Waals surface area contributed by atoms with E-state index in [4.69, 9.17) is 0 Å². The van der Waals surface area contributed by atoms with E-state index in [1.54, 1.807) is 23.9 Å². The lowest BCUT2D eigenvalue weighted by Gasteiger charge is -2.22. The first-order chi connectivity index (χ1) is 10.2. The van der Waals surface area contributed by atoms with Gasteiger partial charge >= 0.3 is 0 Å². The summed E-state index contributed by atoms with van der Waals surface area (Å²) in [6.07, 6.45) is 1.29. The van der Waals surface area contributed by atoms with E-state index in [1.165, 1.54) is 12.1 Å². The van der Waals surface area contributed by atoms with Crippen LogP contribution in [0.25, 0.3) is 0 Å². The third-order valence-corrected chi connectivity index (χ3v) is 4.66. The van der Waals surface area contributed by atoms with Crippen molar-refractivity contribution in [3.05, 3.63) is 59.9 Å². The molecule has 2 aromatic rings. The fourth-order valence-corrected chi connectivity index (χ4v) is 3.45. The van der Waals surface area contributed by atoms with Gasteiger partial charge in [0.1, 0.15) is 5.82 Å². The summed E-state index contributed by atoms with van der Waals surface area (Å²) < 4.78 is 12.9. The molecule has 0 radical (unpaired) electrons. The lowest BCUT2D eigenvalue weighted by atomic mass is 10.1. The minimum absolute atomic E-state index is 0.0663. The zero-order valence-electron chi connectivity index (χ0n) is 11.6. The van der Waals surface area contributed by atoms with Gasteiger partial charge in [0.15, 0.2) is 0 Å². The van der Waals surface area contributed by atoms with Crippen LogP contribution in [0.1, 0.15) is 12.0 Å². The van der Waals surface area contributed by atoms with Gasteiger partial charge in [-0.2, -0.15) is 0 Å². The molecule has 2 aromatic carbocycles. The molecular weight excluding hydrogens is 285 g/mol. The summed E-state index contributed by atoms with van der Waals surface area (Å²) in [5.41, 5.74) is 1.84. The summed E-state index contributed by atoms with van der Waals surface area (Å²) in [5.74, 6) is 0.816. The maximum atomic E-state index is 12.9. The zero-order valence-corrected chi connectivity index (χ0v) is 12.4. The molecule has 108 valence electrons. The van der Waals surface area contributed by atoms with E-state index in [1.807, 2.05) is 23.1 Å². The maximum Gasteiger partial charge on any atom is 0.231 e. The van der Waals surface area contributed by atoms with E-state index < -0.39 is 0 Å². The molecule has 0 aromatic heterocycles. The van der Waals surface area contributed by atoms with Gasteiger partial charge in [0.05, 0.1) is 12.1 Å². The first-order valence-electron chi connectivity index (χ1n) is 7.01. The first kappa shape index (κ1) is 14.1. The smallest absolute Gasteiger partial charge is 0.231 e. The Kier molecular flexibility index (Phi) is 4.25. The molecule has 0 aliphatic carbocycles. The third kappa shape index (κ3) is 3.27. The molecule has 0 fully saturated rings. The van der Waals surface area contributed by atoms with E-state index in [2.05, 4.69) is 6.07 Å². The molecule has 4 heteroatoms. The van der Waals surface area contributed by atoms with E-state index in [0.717, 1.165) is 34.9 Å². The molecule has 1 amide bonds. The van der Waals surface area contributed by atoms with Gasteiger partial charge in [0, 0.05) is 11.4 Å². The Morgan fingerprint density at radius 2 is 1.90 bits per heavy atom. The largest absolute Gasteiger partial charge is 0.311 e. The van der Waals surface area contributed by atoms with Crippen LogP contribution in [-0.4, -0.2) is 18.2 Å². The average Bonchev–Trinajstić information content (AvgIpc) is 2.72. The van der Waals surface area contributed by atoms with Crippen LogP contribution < -0.4 is 4.90 Å². The quantitative estimate of drug-likeness (QED) is 0.838. The van der Waals surface area contributed by atoms with Crippen LogP contribution in [-0.2, 0) is 11.2 Å². The fraction of sp³-hybridized carbons (Fsp3) is 0.235. The Balaban J connectivity index is 1.82. The number of fused-ring (bicyclic) bond motifs is 1. The van der Waals surface area contributed by atoms with Crippen LogP contribution in [0.2, 0.25) is 0 Å². The Morgan fingerprint density at radius 3 is 2.71 bits per heavy atom. The minimum atomic E-state index is -0.275. The van der Waals surface area contributed by atoms with E-state index in [9.17, 15) is 9.18 Å². The summed E-state index contributed by atoms with van der Waals surface area (Å²) >= 11 is 1.80. The molecule has 3 rings (SSSR count). The molecular formula is C17H16FNOS. The van der Waals surface area contributed by atoms with Gasteiger partial charge in [0.25, 0.3) is 0 Å². The summed E-state index contributed by atoms with van der Waals surface area (Å²) in [5, 5.41) is 0. The average molecular weight is 301 g/mol. The molecule has 2 nitrogen and oxygen atoms in total. The second kappa shape index (κ2) is 6.31. The standard InChI is InChI=1S/C17H16FNOS/c18-14-8-6-13(7-9-14)12-17(20)19-10-3-11-21-16-5-2-1-4-15(16)19/h1-2,4-9H,3,10-12H2. The first-order valence-corrected chi connectivity index (χ1v) is 7.99. The second-order valence-corrected chi connectivity index (χ2v) is 6.16. The number of anilines is 1. The van der Waals surface area contributed by atoms with Crippen molar-refractivity contribution in [2.45, 2.75) is 17.7 Å². The van der Waals surface area contributed by atoms with Crippen LogP contribution in [0.3, 0.4) is 0 Å². The SMILES string of the molecule is O=C(Cc1ccc(F)cc1)N1CCCSc2ccccc21. The molecule has 0 atom stereocenters. The van der Waals surface area contributed by atoms with Crippen molar-refractivity contribution in [3.63, 3.8) is 0 Å². The highest BCUT2D eigenvalue weighted by molar-refractivity contribution is 7.99.